The molecular weight excluding hydrogens is 386 g/mol. The smallest absolute Gasteiger partial charge is 0.273 e. The summed E-state index contributed by atoms with van der Waals surface area (Å²) in [4.78, 5) is 48.1. The normalized spacial score (nSPS) is 16.0. The Labute approximate surface area is 163 Å². The van der Waals surface area contributed by atoms with Gasteiger partial charge in [-0.15, -0.1) is 0 Å². The number of rotatable bonds is 4. The van der Waals surface area contributed by atoms with Crippen LogP contribution in [0.4, 0.5) is 16.2 Å². The molecule has 1 fully saturated rings. The van der Waals surface area contributed by atoms with E-state index in [1.807, 2.05) is 0 Å². The van der Waals surface area contributed by atoms with Crippen LogP contribution < -0.4 is 10.2 Å². The van der Waals surface area contributed by atoms with Crippen molar-refractivity contribution in [2.24, 2.45) is 0 Å². The van der Waals surface area contributed by atoms with Crippen LogP contribution in [0.25, 0.3) is 6.08 Å². The number of hydrogen-bond acceptors (Lipinski definition) is 5. The molecule has 1 aliphatic heterocycles. The molecule has 2 aromatic rings. The maximum absolute atomic E-state index is 12.7. The van der Waals surface area contributed by atoms with Gasteiger partial charge in [0.1, 0.15) is 5.57 Å². The maximum atomic E-state index is 12.7. The van der Waals surface area contributed by atoms with Crippen molar-refractivity contribution in [3.05, 3.63) is 87.0 Å². The van der Waals surface area contributed by atoms with Crippen LogP contribution >= 0.6 is 11.6 Å². The zero-order chi connectivity index (χ0) is 20.3. The summed E-state index contributed by atoms with van der Waals surface area (Å²) in [5.74, 6) is -1.67. The van der Waals surface area contributed by atoms with Crippen molar-refractivity contribution in [3.63, 3.8) is 0 Å². The van der Waals surface area contributed by atoms with Gasteiger partial charge in [0, 0.05) is 11.1 Å². The van der Waals surface area contributed by atoms with Crippen molar-refractivity contribution < 1.29 is 19.3 Å². The highest BCUT2D eigenvalue weighted by atomic mass is 35.5. The van der Waals surface area contributed by atoms with Crippen LogP contribution in [-0.2, 0) is 9.59 Å². The van der Waals surface area contributed by atoms with Gasteiger partial charge in [-0.2, -0.15) is 0 Å². The number of nitro benzene ring substituents is 1. The van der Waals surface area contributed by atoms with E-state index < -0.39 is 22.8 Å². The molecule has 8 nitrogen and oxygen atoms in total. The number of nitro groups is 1. The lowest BCUT2D eigenvalue weighted by atomic mass is 10.1. The predicted octanol–water partition coefficient (Wildman–Crippen LogP) is 3.47. The lowest BCUT2D eigenvalue weighted by molar-refractivity contribution is -0.385. The quantitative estimate of drug-likeness (QED) is 0.367. The Hall–Kier alpha value is -3.78. The van der Waals surface area contributed by atoms with Crippen LogP contribution in [0.3, 0.4) is 0 Å². The molecule has 0 unspecified atom stereocenters. The number of anilines is 1. The molecule has 28 heavy (non-hydrogen) atoms. The van der Waals surface area contributed by atoms with Crippen LogP contribution in [0.15, 0.2) is 66.3 Å². The monoisotopic (exact) mass is 397 g/mol. The van der Waals surface area contributed by atoms with Crippen molar-refractivity contribution in [2.75, 3.05) is 4.90 Å². The second-order valence-corrected chi connectivity index (χ2v) is 6.07. The highest BCUT2D eigenvalue weighted by Gasteiger charge is 2.36. The number of imide groups is 2. The Balaban J connectivity index is 1.91. The van der Waals surface area contributed by atoms with Gasteiger partial charge < -0.3 is 0 Å². The lowest BCUT2D eigenvalue weighted by Gasteiger charge is -2.26. The minimum absolute atomic E-state index is 0.116. The maximum Gasteiger partial charge on any atom is 0.335 e. The second kappa shape index (κ2) is 7.85. The summed E-state index contributed by atoms with van der Waals surface area (Å²) >= 11 is 5.81. The minimum Gasteiger partial charge on any atom is -0.273 e. The van der Waals surface area contributed by atoms with Gasteiger partial charge in [0.25, 0.3) is 17.5 Å². The number of barbiturate groups is 1. The molecule has 4 amide bonds. The third-order valence-corrected chi connectivity index (χ3v) is 4.11. The molecule has 0 spiro atoms. The fourth-order valence-corrected chi connectivity index (χ4v) is 2.67. The molecule has 1 saturated heterocycles. The molecule has 0 aromatic heterocycles. The summed E-state index contributed by atoms with van der Waals surface area (Å²) < 4.78 is 0. The summed E-state index contributed by atoms with van der Waals surface area (Å²) in [6.45, 7) is 0. The van der Waals surface area contributed by atoms with Crippen molar-refractivity contribution in [2.45, 2.75) is 0 Å². The van der Waals surface area contributed by atoms with Gasteiger partial charge in [-0.05, 0) is 42.5 Å². The zero-order valence-electron chi connectivity index (χ0n) is 14.2. The standard InChI is InChI=1S/C19H12ClN3O5/c20-13-8-10-14(11-9-13)22-18(25)15(17(24)21-19(22)26)6-3-5-12-4-1-2-7-16(12)23(27)28/h1-11H,(H,21,24,26)/b5-3-,15-6+. The van der Waals surface area contributed by atoms with Crippen molar-refractivity contribution in [1.82, 2.24) is 5.32 Å². The summed E-state index contributed by atoms with van der Waals surface area (Å²) in [5, 5.41) is 13.5. The molecular formula is C19H12ClN3O5. The number of allylic oxidation sites excluding steroid dienone is 2. The Morgan fingerprint density at radius 1 is 1.04 bits per heavy atom. The van der Waals surface area contributed by atoms with E-state index in [1.165, 1.54) is 60.7 Å². The SMILES string of the molecule is O=C1NC(=O)N(c2ccc(Cl)cc2)C(=O)/C1=C/C=C\c1ccccc1[N+](=O)[O-]. The summed E-state index contributed by atoms with van der Waals surface area (Å²) in [5.41, 5.74) is 0.144. The molecule has 3 rings (SSSR count). The minimum atomic E-state index is -0.878. The molecule has 9 heteroatoms. The topological polar surface area (TPSA) is 110 Å². The largest absolute Gasteiger partial charge is 0.335 e. The Morgan fingerprint density at radius 2 is 1.71 bits per heavy atom. The van der Waals surface area contributed by atoms with E-state index in [0.717, 1.165) is 4.90 Å². The number of carbonyl (C=O) groups excluding carboxylic acids is 3. The highest BCUT2D eigenvalue weighted by molar-refractivity contribution is 6.37. The third-order valence-electron chi connectivity index (χ3n) is 3.86. The number of hydrogen-bond donors (Lipinski definition) is 1. The number of halogens is 1. The molecule has 0 aliphatic carbocycles. The van der Waals surface area contributed by atoms with E-state index in [2.05, 4.69) is 5.32 Å². The molecule has 0 saturated carbocycles. The first kappa shape index (κ1) is 19.0. The number of carbonyl (C=O) groups is 3. The summed E-state index contributed by atoms with van der Waals surface area (Å²) in [6.07, 6.45) is 3.93. The average Bonchev–Trinajstić information content (AvgIpc) is 2.66. The first-order chi connectivity index (χ1) is 13.4. The van der Waals surface area contributed by atoms with Crippen LogP contribution in [0.2, 0.25) is 5.02 Å². The Morgan fingerprint density at radius 3 is 2.39 bits per heavy atom. The van der Waals surface area contributed by atoms with Gasteiger partial charge in [0.2, 0.25) is 0 Å². The van der Waals surface area contributed by atoms with Gasteiger partial charge in [0.15, 0.2) is 0 Å². The molecule has 0 bridgehead atoms. The molecule has 1 heterocycles. The van der Waals surface area contributed by atoms with Gasteiger partial charge in [0.05, 0.1) is 16.2 Å². The van der Waals surface area contributed by atoms with Crippen molar-refractivity contribution in [3.8, 4) is 0 Å². The van der Waals surface area contributed by atoms with E-state index in [9.17, 15) is 24.5 Å². The number of amides is 4. The summed E-state index contributed by atoms with van der Waals surface area (Å²) in [7, 11) is 0. The first-order valence-corrected chi connectivity index (χ1v) is 8.33. The Bertz CT molecular complexity index is 1040. The van der Waals surface area contributed by atoms with Crippen LogP contribution in [0.1, 0.15) is 5.56 Å². The average molecular weight is 398 g/mol. The van der Waals surface area contributed by atoms with Crippen LogP contribution in [0, 0.1) is 10.1 Å². The van der Waals surface area contributed by atoms with Crippen LogP contribution in [0.5, 0.6) is 0 Å². The van der Waals surface area contributed by atoms with Crippen LogP contribution in [-0.4, -0.2) is 22.8 Å². The van der Waals surface area contributed by atoms with Gasteiger partial charge in [-0.1, -0.05) is 29.8 Å². The summed E-state index contributed by atoms with van der Waals surface area (Å²) in [6, 6.07) is 11.1. The van der Waals surface area contributed by atoms with E-state index in [1.54, 1.807) is 6.07 Å². The molecule has 2 aromatic carbocycles. The Kier molecular flexibility index (Phi) is 5.32. The fraction of sp³-hybridized carbons (Fsp3) is 0. The lowest BCUT2D eigenvalue weighted by Crippen LogP contribution is -2.54. The molecule has 1 aliphatic rings. The zero-order valence-corrected chi connectivity index (χ0v) is 14.9. The van der Waals surface area contributed by atoms with Gasteiger partial charge >= 0.3 is 6.03 Å². The number of para-hydroxylation sites is 1. The molecule has 1 N–H and O–H groups in total. The van der Waals surface area contributed by atoms with Gasteiger partial charge in [-0.25, -0.2) is 9.69 Å². The predicted molar refractivity (Wildman–Crippen MR) is 103 cm³/mol. The van der Waals surface area contributed by atoms with E-state index in [0.29, 0.717) is 10.6 Å². The number of nitrogens with zero attached hydrogens (tertiary/aromatic N) is 2. The van der Waals surface area contributed by atoms with E-state index in [4.69, 9.17) is 11.6 Å². The highest BCUT2D eigenvalue weighted by Crippen LogP contribution is 2.23. The van der Waals surface area contributed by atoms with E-state index in [-0.39, 0.29) is 16.9 Å². The van der Waals surface area contributed by atoms with Crippen molar-refractivity contribution in [1.29, 1.82) is 0 Å². The van der Waals surface area contributed by atoms with Crippen molar-refractivity contribution >= 4 is 46.9 Å². The molecule has 0 radical (unpaired) electrons. The van der Waals surface area contributed by atoms with E-state index >= 15 is 0 Å². The molecule has 140 valence electrons. The third kappa shape index (κ3) is 3.81. The fourth-order valence-electron chi connectivity index (χ4n) is 2.54. The second-order valence-electron chi connectivity index (χ2n) is 5.63. The first-order valence-electron chi connectivity index (χ1n) is 7.95. The number of nitrogens with one attached hydrogen (secondary N) is 1. The van der Waals surface area contributed by atoms with Gasteiger partial charge in [-0.3, -0.25) is 25.0 Å². The number of urea groups is 1. The molecule has 0 atom stereocenters. The number of benzene rings is 2.